The van der Waals surface area contributed by atoms with Crippen LogP contribution in [0.1, 0.15) is 135 Å². The average molecular weight is 354 g/mol. The van der Waals surface area contributed by atoms with E-state index in [0.29, 0.717) is 6.61 Å². The Kier molecular flexibility index (Phi) is 28.6. The number of aliphatic hydroxyl groups is 1. The van der Waals surface area contributed by atoms with Gasteiger partial charge in [-0.2, -0.15) is 0 Å². The summed E-state index contributed by atoms with van der Waals surface area (Å²) in [5.41, 5.74) is 0. The molecule has 0 saturated carbocycles. The standard InChI is InChI=1S/C22H46O.Al/c1-2-3-4-5-6-7-8-9-10-11-12-13-14-15-16-17-18-19-20-21-22-23;/h23H,2-22H2,1H3;/q;+3. The molecule has 0 amide bonds. The Bertz CT molecular complexity index is 176. The van der Waals surface area contributed by atoms with Crippen molar-refractivity contribution < 1.29 is 5.11 Å². The number of unbranched alkanes of at least 4 members (excludes halogenated alkanes) is 19. The molecule has 0 bridgehead atoms. The predicted molar refractivity (Wildman–Crippen MR) is 111 cm³/mol. The third-order valence-corrected chi connectivity index (χ3v) is 5.01. The molecule has 0 aromatic heterocycles. The van der Waals surface area contributed by atoms with E-state index in [0.717, 1.165) is 6.42 Å². The van der Waals surface area contributed by atoms with Crippen molar-refractivity contribution >= 4 is 17.4 Å². The zero-order chi connectivity index (χ0) is 16.8. The molecule has 1 N–H and O–H groups in total. The molecule has 0 aliphatic carbocycles. The quantitative estimate of drug-likeness (QED) is 0.178. The Morgan fingerprint density at radius 3 is 0.792 bits per heavy atom. The van der Waals surface area contributed by atoms with Gasteiger partial charge < -0.3 is 5.11 Å². The van der Waals surface area contributed by atoms with Crippen molar-refractivity contribution in [3.63, 3.8) is 0 Å². The van der Waals surface area contributed by atoms with E-state index < -0.39 is 0 Å². The molecule has 0 aliphatic heterocycles. The summed E-state index contributed by atoms with van der Waals surface area (Å²) in [7, 11) is 0. The molecule has 0 radical (unpaired) electrons. The first kappa shape index (κ1) is 26.7. The van der Waals surface area contributed by atoms with Crippen LogP contribution in [0.2, 0.25) is 0 Å². The van der Waals surface area contributed by atoms with E-state index in [1.54, 1.807) is 0 Å². The molecule has 0 unspecified atom stereocenters. The van der Waals surface area contributed by atoms with Gasteiger partial charge in [-0.1, -0.05) is 129 Å². The number of hydrogen-bond acceptors (Lipinski definition) is 1. The van der Waals surface area contributed by atoms with E-state index in [1.165, 1.54) is 122 Å². The van der Waals surface area contributed by atoms with Gasteiger partial charge in [-0.3, -0.25) is 0 Å². The van der Waals surface area contributed by atoms with Crippen LogP contribution in [0.15, 0.2) is 0 Å². The second-order valence-electron chi connectivity index (χ2n) is 7.44. The first-order valence-electron chi connectivity index (χ1n) is 11.0. The van der Waals surface area contributed by atoms with Crippen LogP contribution in [0.25, 0.3) is 0 Å². The molecule has 0 aromatic rings. The van der Waals surface area contributed by atoms with E-state index in [1.807, 2.05) is 0 Å². The number of hydrogen-bond donors (Lipinski definition) is 1. The van der Waals surface area contributed by atoms with Gasteiger partial charge in [-0.05, 0) is 6.42 Å². The largest absolute Gasteiger partial charge is 3.00 e. The van der Waals surface area contributed by atoms with Gasteiger partial charge in [0.05, 0.1) is 0 Å². The third-order valence-electron chi connectivity index (χ3n) is 5.01. The topological polar surface area (TPSA) is 20.2 Å². The van der Waals surface area contributed by atoms with Crippen LogP contribution < -0.4 is 0 Å². The normalized spacial score (nSPS) is 10.8. The Hall–Kier alpha value is 0.492. The van der Waals surface area contributed by atoms with Crippen LogP contribution in [-0.2, 0) is 0 Å². The van der Waals surface area contributed by atoms with Crippen LogP contribution >= 0.6 is 0 Å². The van der Waals surface area contributed by atoms with E-state index in [-0.39, 0.29) is 17.4 Å². The smallest absolute Gasteiger partial charge is 0.396 e. The van der Waals surface area contributed by atoms with Gasteiger partial charge in [0.15, 0.2) is 0 Å². The average Bonchev–Trinajstić information content (AvgIpc) is 2.57. The summed E-state index contributed by atoms with van der Waals surface area (Å²) in [5, 5.41) is 8.71. The molecule has 0 atom stereocenters. The Labute approximate surface area is 164 Å². The maximum absolute atomic E-state index is 8.71. The zero-order valence-electron chi connectivity index (χ0n) is 16.9. The second-order valence-corrected chi connectivity index (χ2v) is 7.44. The van der Waals surface area contributed by atoms with E-state index in [2.05, 4.69) is 6.92 Å². The van der Waals surface area contributed by atoms with Gasteiger partial charge in [0.1, 0.15) is 0 Å². The molecule has 140 valence electrons. The van der Waals surface area contributed by atoms with Gasteiger partial charge in [0.25, 0.3) is 0 Å². The summed E-state index contributed by atoms with van der Waals surface area (Å²) < 4.78 is 0. The summed E-state index contributed by atoms with van der Waals surface area (Å²) in [6, 6.07) is 0. The van der Waals surface area contributed by atoms with Gasteiger partial charge >= 0.3 is 17.4 Å². The third kappa shape index (κ3) is 24.7. The summed E-state index contributed by atoms with van der Waals surface area (Å²) in [5.74, 6) is 0. The predicted octanol–water partition coefficient (Wildman–Crippen LogP) is 7.42. The van der Waals surface area contributed by atoms with Crippen molar-refractivity contribution in [1.29, 1.82) is 0 Å². The Morgan fingerprint density at radius 2 is 0.583 bits per heavy atom. The number of rotatable bonds is 20. The summed E-state index contributed by atoms with van der Waals surface area (Å²) in [6.45, 7) is 2.67. The van der Waals surface area contributed by atoms with Crippen LogP contribution in [-0.4, -0.2) is 29.1 Å². The minimum absolute atomic E-state index is 0. The minimum Gasteiger partial charge on any atom is -0.396 e. The SMILES string of the molecule is CCCCCCCCCCCCCCCCCCCCCCO.[Al+3]. The fraction of sp³-hybridized carbons (Fsp3) is 1.00. The summed E-state index contributed by atoms with van der Waals surface area (Å²) in [4.78, 5) is 0. The molecule has 0 saturated heterocycles. The molecular weight excluding hydrogens is 307 g/mol. The van der Waals surface area contributed by atoms with Crippen LogP contribution in [0.5, 0.6) is 0 Å². The molecule has 0 aliphatic rings. The van der Waals surface area contributed by atoms with Gasteiger partial charge in [0, 0.05) is 6.61 Å². The molecule has 0 rings (SSSR count). The van der Waals surface area contributed by atoms with Gasteiger partial charge in [0.2, 0.25) is 0 Å². The van der Waals surface area contributed by atoms with Crippen molar-refractivity contribution in [2.24, 2.45) is 0 Å². The van der Waals surface area contributed by atoms with Gasteiger partial charge in [-0.25, -0.2) is 0 Å². The van der Waals surface area contributed by atoms with Crippen LogP contribution in [0.4, 0.5) is 0 Å². The zero-order valence-corrected chi connectivity index (χ0v) is 18.0. The Morgan fingerprint density at radius 1 is 0.375 bits per heavy atom. The van der Waals surface area contributed by atoms with Crippen LogP contribution in [0, 0.1) is 0 Å². The molecule has 0 spiro atoms. The fourth-order valence-corrected chi connectivity index (χ4v) is 3.37. The molecule has 0 fully saturated rings. The summed E-state index contributed by atoms with van der Waals surface area (Å²) in [6.07, 6.45) is 28.1. The van der Waals surface area contributed by atoms with E-state index >= 15 is 0 Å². The van der Waals surface area contributed by atoms with Crippen molar-refractivity contribution in [1.82, 2.24) is 0 Å². The molecule has 0 heterocycles. The maximum atomic E-state index is 8.71. The first-order chi connectivity index (χ1) is 11.4. The van der Waals surface area contributed by atoms with Crippen molar-refractivity contribution in [3.05, 3.63) is 0 Å². The first-order valence-corrected chi connectivity index (χ1v) is 11.0. The van der Waals surface area contributed by atoms with Crippen molar-refractivity contribution in [3.8, 4) is 0 Å². The monoisotopic (exact) mass is 353 g/mol. The Balaban J connectivity index is 0. The molecule has 1 nitrogen and oxygen atoms in total. The minimum atomic E-state index is 0. The van der Waals surface area contributed by atoms with Crippen LogP contribution in [0.3, 0.4) is 0 Å². The number of aliphatic hydroxyl groups excluding tert-OH is 1. The maximum Gasteiger partial charge on any atom is 3.00 e. The summed E-state index contributed by atoms with van der Waals surface area (Å²) >= 11 is 0. The van der Waals surface area contributed by atoms with Crippen molar-refractivity contribution in [2.45, 2.75) is 135 Å². The second kappa shape index (κ2) is 25.7. The van der Waals surface area contributed by atoms with E-state index in [4.69, 9.17) is 5.11 Å². The van der Waals surface area contributed by atoms with Crippen molar-refractivity contribution in [2.75, 3.05) is 6.61 Å². The molecule has 2 heteroatoms. The fourth-order valence-electron chi connectivity index (χ4n) is 3.37. The van der Waals surface area contributed by atoms with E-state index in [9.17, 15) is 0 Å². The molecule has 24 heavy (non-hydrogen) atoms. The molecular formula is C22H46AlO+3. The van der Waals surface area contributed by atoms with Gasteiger partial charge in [-0.15, -0.1) is 0 Å². The molecule has 0 aromatic carbocycles.